The van der Waals surface area contributed by atoms with E-state index in [1.54, 1.807) is 44.5 Å². The molecule has 2 heterocycles. The Bertz CT molecular complexity index is 1490. The van der Waals surface area contributed by atoms with Crippen LogP contribution < -0.4 is 25.5 Å². The van der Waals surface area contributed by atoms with Crippen molar-refractivity contribution in [2.45, 2.75) is 25.6 Å². The number of aromatic amines is 1. The molecule has 0 fully saturated rings. The Hall–Kier alpha value is -4.22. The van der Waals surface area contributed by atoms with Crippen LogP contribution in [0, 0.1) is 0 Å². The maximum Gasteiger partial charge on any atom is 0.422 e. The lowest BCUT2D eigenvalue weighted by molar-refractivity contribution is -0.153. The molecule has 0 aliphatic heterocycles. The van der Waals surface area contributed by atoms with Crippen LogP contribution in [0.5, 0.6) is 17.2 Å². The smallest absolute Gasteiger partial charge is 0.422 e. The van der Waals surface area contributed by atoms with Crippen LogP contribution in [0.15, 0.2) is 58.1 Å². The van der Waals surface area contributed by atoms with E-state index in [1.807, 2.05) is 0 Å². The number of hydrogen-bond donors (Lipinski definition) is 1. The van der Waals surface area contributed by atoms with Gasteiger partial charge >= 0.3 is 11.9 Å². The molecule has 0 aliphatic rings. The fraction of sp³-hybridized carbons (Fsp3) is 0.320. The molecule has 1 N–H and O–H groups in total. The molecule has 0 radical (unpaired) electrons. The van der Waals surface area contributed by atoms with Crippen LogP contribution in [0.3, 0.4) is 0 Å². The van der Waals surface area contributed by atoms with E-state index >= 15 is 0 Å². The minimum atomic E-state index is -4.42. The summed E-state index contributed by atoms with van der Waals surface area (Å²) in [6, 6.07) is 13.0. The number of fused-ring (bicyclic) bond motifs is 1. The predicted octanol–water partition coefficient (Wildman–Crippen LogP) is 3.43. The van der Waals surface area contributed by atoms with Crippen LogP contribution in [0.25, 0.3) is 11.2 Å². The zero-order valence-electron chi connectivity index (χ0n) is 20.2. The second-order valence-corrected chi connectivity index (χ2v) is 8.29. The highest BCUT2D eigenvalue weighted by atomic mass is 19.4. The molecule has 0 amide bonds. The Kier molecular flexibility index (Phi) is 7.55. The van der Waals surface area contributed by atoms with Gasteiger partial charge in [-0.05, 0) is 36.2 Å². The average Bonchev–Trinajstić information content (AvgIpc) is 3.31. The molecule has 196 valence electrons. The summed E-state index contributed by atoms with van der Waals surface area (Å²) in [5, 5.41) is 0. The van der Waals surface area contributed by atoms with Gasteiger partial charge in [-0.3, -0.25) is 13.9 Å². The summed E-state index contributed by atoms with van der Waals surface area (Å²) >= 11 is 0. The Balaban J connectivity index is 1.41. The Labute approximate surface area is 209 Å². The molecule has 9 nitrogen and oxygen atoms in total. The molecule has 12 heteroatoms. The van der Waals surface area contributed by atoms with Crippen molar-refractivity contribution >= 4 is 11.2 Å². The van der Waals surface area contributed by atoms with Gasteiger partial charge in [-0.25, -0.2) is 9.78 Å². The van der Waals surface area contributed by atoms with Crippen molar-refractivity contribution in [3.8, 4) is 17.2 Å². The van der Waals surface area contributed by atoms with E-state index < -0.39 is 24.0 Å². The van der Waals surface area contributed by atoms with Gasteiger partial charge in [-0.1, -0.05) is 18.2 Å². The van der Waals surface area contributed by atoms with Crippen molar-refractivity contribution in [3.05, 3.63) is 80.8 Å². The summed E-state index contributed by atoms with van der Waals surface area (Å²) in [6.07, 6.45) is -3.50. The molecule has 2 aromatic carbocycles. The number of nitrogens with zero attached hydrogens (tertiary/aromatic N) is 3. The van der Waals surface area contributed by atoms with Gasteiger partial charge in [0, 0.05) is 19.5 Å². The van der Waals surface area contributed by atoms with Crippen molar-refractivity contribution in [2.24, 2.45) is 7.05 Å². The molecule has 0 atom stereocenters. The lowest BCUT2D eigenvalue weighted by atomic mass is 10.2. The molecular weight excluding hydrogens is 493 g/mol. The zero-order chi connectivity index (χ0) is 26.6. The first-order valence-corrected chi connectivity index (χ1v) is 11.4. The maximum atomic E-state index is 13.1. The normalized spacial score (nSPS) is 11.6. The van der Waals surface area contributed by atoms with Crippen LogP contribution in [-0.4, -0.2) is 45.6 Å². The molecule has 2 aromatic heterocycles. The number of imidazole rings is 1. The van der Waals surface area contributed by atoms with Gasteiger partial charge in [-0.2, -0.15) is 13.2 Å². The standard InChI is InChI=1S/C25H25F3N4O5/c1-31-22-21(23(33)32(24(31)34)14-16-8-10-17(35-2)11-9-16)29-20(30-22)7-4-12-36-18-5-3-6-19(13-18)37-15-25(26,27)28/h3,5-6,8-11,13H,4,7,12,14-15H2,1-2H3,(H,29,30). The number of rotatable bonds is 10. The predicted molar refractivity (Wildman–Crippen MR) is 129 cm³/mol. The van der Waals surface area contributed by atoms with Crippen molar-refractivity contribution in [1.29, 1.82) is 0 Å². The van der Waals surface area contributed by atoms with Crippen molar-refractivity contribution < 1.29 is 27.4 Å². The van der Waals surface area contributed by atoms with Gasteiger partial charge in [-0.15, -0.1) is 0 Å². The second kappa shape index (κ2) is 10.8. The largest absolute Gasteiger partial charge is 0.497 e. The molecular formula is C25H25F3N4O5. The SMILES string of the molecule is COc1ccc(Cn2c(=O)c3[nH]c(CCCOc4cccc(OCC(F)(F)F)c4)nc3n(C)c2=O)cc1. The second-order valence-electron chi connectivity index (χ2n) is 8.29. The Morgan fingerprint density at radius 3 is 2.38 bits per heavy atom. The number of H-pyrrole nitrogens is 1. The highest BCUT2D eigenvalue weighted by molar-refractivity contribution is 5.69. The number of ether oxygens (including phenoxy) is 3. The number of aromatic nitrogens is 4. The number of methoxy groups -OCH3 is 1. The van der Waals surface area contributed by atoms with Crippen LogP contribution >= 0.6 is 0 Å². The van der Waals surface area contributed by atoms with E-state index in [-0.39, 0.29) is 30.1 Å². The van der Waals surface area contributed by atoms with Crippen LogP contribution in [0.1, 0.15) is 17.8 Å². The Morgan fingerprint density at radius 2 is 1.70 bits per heavy atom. The number of nitrogens with one attached hydrogen (secondary N) is 1. The third kappa shape index (κ3) is 6.32. The molecule has 0 saturated carbocycles. The topological polar surface area (TPSA) is 100 Å². The van der Waals surface area contributed by atoms with Crippen LogP contribution in [0.2, 0.25) is 0 Å². The minimum absolute atomic E-state index is 0.0546. The summed E-state index contributed by atoms with van der Waals surface area (Å²) in [5.41, 5.74) is 0.290. The molecule has 0 saturated heterocycles. The van der Waals surface area contributed by atoms with E-state index in [1.165, 1.54) is 22.8 Å². The number of hydrogen-bond acceptors (Lipinski definition) is 6. The zero-order valence-corrected chi connectivity index (χ0v) is 20.2. The quantitative estimate of drug-likeness (QED) is 0.323. The number of alkyl halides is 3. The van der Waals surface area contributed by atoms with Crippen molar-refractivity contribution in [1.82, 2.24) is 19.1 Å². The first-order chi connectivity index (χ1) is 17.6. The molecule has 4 aromatic rings. The number of halogens is 3. The van der Waals surface area contributed by atoms with Crippen LogP contribution in [0.4, 0.5) is 13.2 Å². The van der Waals surface area contributed by atoms with Crippen LogP contribution in [-0.2, 0) is 20.0 Å². The van der Waals surface area contributed by atoms with Gasteiger partial charge in [0.05, 0.1) is 20.3 Å². The van der Waals surface area contributed by atoms with Crippen molar-refractivity contribution in [2.75, 3.05) is 20.3 Å². The summed E-state index contributed by atoms with van der Waals surface area (Å²) in [4.78, 5) is 33.3. The van der Waals surface area contributed by atoms with Gasteiger partial charge < -0.3 is 19.2 Å². The summed E-state index contributed by atoms with van der Waals surface area (Å²) in [7, 11) is 3.11. The van der Waals surface area contributed by atoms with E-state index in [0.717, 1.165) is 10.1 Å². The number of aryl methyl sites for hydroxylation is 2. The average molecular weight is 518 g/mol. The van der Waals surface area contributed by atoms with Gasteiger partial charge in [0.15, 0.2) is 12.3 Å². The minimum Gasteiger partial charge on any atom is -0.497 e. The molecule has 0 aliphatic carbocycles. The molecule has 4 rings (SSSR count). The molecule has 37 heavy (non-hydrogen) atoms. The fourth-order valence-corrected chi connectivity index (χ4v) is 3.72. The van der Waals surface area contributed by atoms with Gasteiger partial charge in [0.25, 0.3) is 5.56 Å². The maximum absolute atomic E-state index is 13.1. The van der Waals surface area contributed by atoms with E-state index in [9.17, 15) is 22.8 Å². The third-order valence-electron chi connectivity index (χ3n) is 5.56. The lowest BCUT2D eigenvalue weighted by Gasteiger charge is -2.11. The molecule has 0 unspecified atom stereocenters. The first-order valence-electron chi connectivity index (χ1n) is 11.4. The van der Waals surface area contributed by atoms with Gasteiger partial charge in [0.1, 0.15) is 28.6 Å². The van der Waals surface area contributed by atoms with Gasteiger partial charge in [0.2, 0.25) is 0 Å². The van der Waals surface area contributed by atoms with Crippen molar-refractivity contribution in [3.63, 3.8) is 0 Å². The van der Waals surface area contributed by atoms with E-state index in [4.69, 9.17) is 14.2 Å². The Morgan fingerprint density at radius 1 is 1.00 bits per heavy atom. The monoisotopic (exact) mass is 518 g/mol. The highest BCUT2D eigenvalue weighted by Crippen LogP contribution is 2.23. The molecule has 0 bridgehead atoms. The highest BCUT2D eigenvalue weighted by Gasteiger charge is 2.28. The first kappa shape index (κ1) is 25.9. The summed E-state index contributed by atoms with van der Waals surface area (Å²) < 4.78 is 54.9. The summed E-state index contributed by atoms with van der Waals surface area (Å²) in [6.45, 7) is -1.04. The summed E-state index contributed by atoms with van der Waals surface area (Å²) in [5.74, 6) is 1.60. The van der Waals surface area contributed by atoms with E-state index in [0.29, 0.717) is 30.2 Å². The fourth-order valence-electron chi connectivity index (χ4n) is 3.72. The number of benzene rings is 2. The third-order valence-corrected chi connectivity index (χ3v) is 5.56. The van der Waals surface area contributed by atoms with E-state index in [2.05, 4.69) is 9.97 Å². The lowest BCUT2D eigenvalue weighted by Crippen LogP contribution is -2.39. The molecule has 0 spiro atoms.